The van der Waals surface area contributed by atoms with Crippen molar-refractivity contribution in [2.75, 3.05) is 13.2 Å². The minimum atomic E-state index is 0.0414. The van der Waals surface area contributed by atoms with E-state index in [0.717, 1.165) is 38.0 Å². The van der Waals surface area contributed by atoms with Crippen molar-refractivity contribution in [2.45, 2.75) is 38.3 Å². The Morgan fingerprint density at radius 2 is 1.71 bits per heavy atom. The van der Waals surface area contributed by atoms with Crippen LogP contribution in [0, 0.1) is 0 Å². The van der Waals surface area contributed by atoms with Crippen LogP contribution in [-0.2, 0) is 17.8 Å². The van der Waals surface area contributed by atoms with Gasteiger partial charge in [-0.15, -0.1) is 0 Å². The van der Waals surface area contributed by atoms with Crippen molar-refractivity contribution in [1.82, 2.24) is 9.88 Å². The number of rotatable bonds is 4. The molecule has 5 rings (SSSR count). The number of amides is 1. The maximum atomic E-state index is 12.9. The topological polar surface area (TPSA) is 51.7 Å². The molecule has 1 aromatic heterocycles. The molecular formula is C26H26N2O3. The Bertz CT molecular complexity index is 1030. The number of aromatic nitrogens is 1. The summed E-state index contributed by atoms with van der Waals surface area (Å²) in [7, 11) is 0. The van der Waals surface area contributed by atoms with Gasteiger partial charge in [0.1, 0.15) is 5.75 Å². The smallest absolute Gasteiger partial charge is 0.254 e. The molecule has 1 saturated heterocycles. The molecule has 1 amide bonds. The molecule has 2 aromatic carbocycles. The maximum Gasteiger partial charge on any atom is 0.254 e. The number of fused-ring (bicyclic) bond motifs is 1. The summed E-state index contributed by atoms with van der Waals surface area (Å²) in [4.78, 5) is 19.3. The van der Waals surface area contributed by atoms with Crippen LogP contribution in [0.25, 0.3) is 0 Å². The van der Waals surface area contributed by atoms with Crippen LogP contribution < -0.4 is 4.74 Å². The van der Waals surface area contributed by atoms with Crippen LogP contribution in [0.2, 0.25) is 0 Å². The first kappa shape index (κ1) is 19.8. The third-order valence-electron chi connectivity index (χ3n) is 6.14. The molecule has 1 fully saturated rings. The normalized spacial score (nSPS) is 18.3. The maximum absolute atomic E-state index is 12.9. The average Bonchev–Trinajstić information content (AvgIpc) is 3.06. The van der Waals surface area contributed by atoms with E-state index in [0.29, 0.717) is 36.2 Å². The van der Waals surface area contributed by atoms with Crippen molar-refractivity contribution in [1.29, 1.82) is 0 Å². The van der Waals surface area contributed by atoms with Gasteiger partial charge in [0.2, 0.25) is 5.88 Å². The summed E-state index contributed by atoms with van der Waals surface area (Å²) in [5.74, 6) is 1.76. The summed E-state index contributed by atoms with van der Waals surface area (Å²) >= 11 is 0. The average molecular weight is 415 g/mol. The van der Waals surface area contributed by atoms with Crippen molar-refractivity contribution in [2.24, 2.45) is 0 Å². The van der Waals surface area contributed by atoms with E-state index in [1.807, 2.05) is 47.4 Å². The molecule has 1 unspecified atom stereocenters. The predicted molar refractivity (Wildman–Crippen MR) is 118 cm³/mol. The molecule has 3 aromatic rings. The zero-order valence-electron chi connectivity index (χ0n) is 17.5. The number of carbonyl (C=O) groups excluding carboxylic acids is 1. The van der Waals surface area contributed by atoms with Crippen LogP contribution in [0.15, 0.2) is 66.9 Å². The van der Waals surface area contributed by atoms with Gasteiger partial charge in [0.15, 0.2) is 0 Å². The molecule has 0 spiro atoms. The molecule has 0 bridgehead atoms. The highest BCUT2D eigenvalue weighted by molar-refractivity contribution is 5.94. The highest BCUT2D eigenvalue weighted by atomic mass is 16.5. The van der Waals surface area contributed by atoms with Gasteiger partial charge in [-0.3, -0.25) is 4.79 Å². The van der Waals surface area contributed by atoms with E-state index in [1.54, 1.807) is 6.20 Å². The first-order chi connectivity index (χ1) is 15.3. The van der Waals surface area contributed by atoms with Gasteiger partial charge in [0.05, 0.1) is 0 Å². The second kappa shape index (κ2) is 8.90. The van der Waals surface area contributed by atoms with E-state index >= 15 is 0 Å². The van der Waals surface area contributed by atoms with Gasteiger partial charge in [-0.1, -0.05) is 30.3 Å². The van der Waals surface area contributed by atoms with Crippen LogP contribution in [-0.4, -0.2) is 29.0 Å². The highest BCUT2D eigenvalue weighted by Crippen LogP contribution is 2.34. The molecule has 3 heterocycles. The Morgan fingerprint density at radius 3 is 2.48 bits per heavy atom. The lowest BCUT2D eigenvalue weighted by molar-refractivity contribution is 0.0751. The van der Waals surface area contributed by atoms with Crippen molar-refractivity contribution < 1.29 is 14.3 Å². The lowest BCUT2D eigenvalue weighted by atomic mass is 9.93. The van der Waals surface area contributed by atoms with E-state index in [-0.39, 0.29) is 5.91 Å². The fourth-order valence-corrected chi connectivity index (χ4v) is 4.45. The molecule has 1 atom stereocenters. The molecule has 0 aliphatic carbocycles. The minimum absolute atomic E-state index is 0.0414. The van der Waals surface area contributed by atoms with Gasteiger partial charge in [-0.2, -0.15) is 0 Å². The van der Waals surface area contributed by atoms with Crippen LogP contribution in [0.3, 0.4) is 0 Å². The van der Waals surface area contributed by atoms with Crippen LogP contribution in [0.4, 0.5) is 0 Å². The molecular weight excluding hydrogens is 388 g/mol. The third-order valence-corrected chi connectivity index (χ3v) is 6.14. The van der Waals surface area contributed by atoms with Crippen molar-refractivity contribution in [3.63, 3.8) is 0 Å². The van der Waals surface area contributed by atoms with Crippen LogP contribution in [0.5, 0.6) is 11.6 Å². The molecule has 0 saturated carbocycles. The Kier molecular flexibility index (Phi) is 5.67. The van der Waals surface area contributed by atoms with E-state index < -0.39 is 0 Å². The predicted octanol–water partition coefficient (Wildman–Crippen LogP) is 5.31. The number of hydrogen-bond acceptors (Lipinski definition) is 4. The summed E-state index contributed by atoms with van der Waals surface area (Å²) in [6, 6.07) is 19.7. The third kappa shape index (κ3) is 4.32. The second-order valence-corrected chi connectivity index (χ2v) is 8.19. The van der Waals surface area contributed by atoms with Crippen LogP contribution in [0.1, 0.15) is 52.2 Å². The van der Waals surface area contributed by atoms with Gasteiger partial charge in [-0.05, 0) is 66.6 Å². The van der Waals surface area contributed by atoms with Crippen molar-refractivity contribution in [3.8, 4) is 11.6 Å². The monoisotopic (exact) mass is 414 g/mol. The molecule has 0 radical (unpaired) electrons. The molecule has 5 heteroatoms. The zero-order chi connectivity index (χ0) is 21.0. The number of nitrogens with zero attached hydrogens (tertiary/aromatic N) is 2. The van der Waals surface area contributed by atoms with Gasteiger partial charge < -0.3 is 14.4 Å². The summed E-state index contributed by atoms with van der Waals surface area (Å²) in [5, 5.41) is 0. The SMILES string of the molecule is O=C(c1ccc(Oc2ncccc2C2CCCOCC2)cc1)N1Cc2ccccc2C1. The second-order valence-electron chi connectivity index (χ2n) is 8.19. The number of hydrogen-bond donors (Lipinski definition) is 0. The number of benzene rings is 2. The van der Waals surface area contributed by atoms with Crippen molar-refractivity contribution in [3.05, 3.63) is 89.1 Å². The van der Waals surface area contributed by atoms with Crippen LogP contribution >= 0.6 is 0 Å². The quantitative estimate of drug-likeness (QED) is 0.580. The summed E-state index contributed by atoms with van der Waals surface area (Å²) in [6.45, 7) is 2.92. The largest absolute Gasteiger partial charge is 0.439 e. The van der Waals surface area contributed by atoms with Crippen molar-refractivity contribution >= 4 is 5.91 Å². The Hall–Kier alpha value is -3.18. The number of pyridine rings is 1. The highest BCUT2D eigenvalue weighted by Gasteiger charge is 2.24. The Labute approximate surface area is 182 Å². The molecule has 0 N–H and O–H groups in total. The lowest BCUT2D eigenvalue weighted by Crippen LogP contribution is -2.25. The Balaban J connectivity index is 1.29. The lowest BCUT2D eigenvalue weighted by Gasteiger charge is -2.18. The van der Waals surface area contributed by atoms with Gasteiger partial charge in [-0.25, -0.2) is 4.98 Å². The van der Waals surface area contributed by atoms with E-state index in [1.165, 1.54) is 11.1 Å². The first-order valence-corrected chi connectivity index (χ1v) is 10.9. The van der Waals surface area contributed by atoms with E-state index in [2.05, 4.69) is 23.2 Å². The summed E-state index contributed by atoms with van der Waals surface area (Å²) < 4.78 is 11.7. The minimum Gasteiger partial charge on any atom is -0.439 e. The molecule has 5 nitrogen and oxygen atoms in total. The Morgan fingerprint density at radius 1 is 0.935 bits per heavy atom. The first-order valence-electron chi connectivity index (χ1n) is 10.9. The van der Waals surface area contributed by atoms with Gasteiger partial charge in [0, 0.05) is 43.6 Å². The number of ether oxygens (including phenoxy) is 2. The fraction of sp³-hybridized carbons (Fsp3) is 0.308. The molecule has 158 valence electrons. The molecule has 2 aliphatic rings. The summed E-state index contributed by atoms with van der Waals surface area (Å²) in [5.41, 5.74) is 4.25. The van der Waals surface area contributed by atoms with Gasteiger partial charge in [0.25, 0.3) is 5.91 Å². The molecule has 31 heavy (non-hydrogen) atoms. The number of carbonyl (C=O) groups is 1. The standard InChI is InChI=1S/C26H26N2O3/c29-26(28-17-21-5-1-2-6-22(21)18-28)20-9-11-23(12-10-20)31-25-24(8-3-14-27-25)19-7-4-15-30-16-13-19/h1-3,5-6,8-12,14,19H,4,7,13,15-18H2. The zero-order valence-corrected chi connectivity index (χ0v) is 17.5. The van der Waals surface area contributed by atoms with Gasteiger partial charge >= 0.3 is 0 Å². The summed E-state index contributed by atoms with van der Waals surface area (Å²) in [6.07, 6.45) is 4.87. The molecule has 2 aliphatic heterocycles. The van der Waals surface area contributed by atoms with E-state index in [9.17, 15) is 4.79 Å². The fourth-order valence-electron chi connectivity index (χ4n) is 4.45. The van der Waals surface area contributed by atoms with E-state index in [4.69, 9.17) is 9.47 Å².